The molecule has 0 aliphatic heterocycles. The van der Waals surface area contributed by atoms with Crippen molar-refractivity contribution >= 4 is 45.2 Å². The highest BCUT2D eigenvalue weighted by molar-refractivity contribution is 9.10. The van der Waals surface area contributed by atoms with Gasteiger partial charge in [-0.25, -0.2) is 4.39 Å². The summed E-state index contributed by atoms with van der Waals surface area (Å²) in [6, 6.07) is 3.17. The normalized spacial score (nSPS) is 16.7. The van der Waals surface area contributed by atoms with Crippen LogP contribution in [0.1, 0.15) is 25.7 Å². The molecule has 0 atom stereocenters. The van der Waals surface area contributed by atoms with Crippen molar-refractivity contribution in [3.63, 3.8) is 0 Å². The Labute approximate surface area is 112 Å². The summed E-state index contributed by atoms with van der Waals surface area (Å²) in [4.78, 5) is 0. The molecule has 0 radical (unpaired) electrons. The quantitative estimate of drug-likeness (QED) is 0.602. The number of hydrogen-bond acceptors (Lipinski definition) is 2. The average Bonchev–Trinajstić information content (AvgIpc) is 2.74. The highest BCUT2D eigenvalue weighted by Crippen LogP contribution is 2.33. The van der Waals surface area contributed by atoms with Gasteiger partial charge >= 0.3 is 0 Å². The zero-order valence-electron chi connectivity index (χ0n) is 8.60. The predicted octanol–water partition coefficient (Wildman–Crippen LogP) is 5.24. The highest BCUT2D eigenvalue weighted by atomic mass is 79.9. The first-order valence-corrected chi connectivity index (χ1v) is 7.28. The van der Waals surface area contributed by atoms with E-state index >= 15 is 0 Å². The van der Waals surface area contributed by atoms with Crippen LogP contribution in [0, 0.1) is 5.82 Å². The molecule has 1 N–H and O–H groups in total. The van der Waals surface area contributed by atoms with Gasteiger partial charge in [-0.2, -0.15) is 0 Å². The van der Waals surface area contributed by atoms with Crippen LogP contribution in [0.4, 0.5) is 10.1 Å². The molecule has 1 saturated carbocycles. The van der Waals surface area contributed by atoms with E-state index in [1.807, 2.05) is 0 Å². The fraction of sp³-hybridized carbons (Fsp3) is 0.455. The zero-order valence-corrected chi connectivity index (χ0v) is 11.8. The van der Waals surface area contributed by atoms with Crippen molar-refractivity contribution in [3.8, 4) is 0 Å². The second kappa shape index (κ2) is 5.61. The summed E-state index contributed by atoms with van der Waals surface area (Å²) in [6.07, 6.45) is 4.98. The van der Waals surface area contributed by atoms with E-state index in [4.69, 9.17) is 11.6 Å². The minimum Gasteiger partial charge on any atom is -0.327 e. The molecule has 1 aromatic rings. The molecule has 0 heterocycles. The van der Waals surface area contributed by atoms with Gasteiger partial charge in [-0.05, 0) is 52.9 Å². The van der Waals surface area contributed by atoms with E-state index in [-0.39, 0.29) is 5.82 Å². The lowest BCUT2D eigenvalue weighted by Gasteiger charge is -2.12. The number of rotatable bonds is 3. The molecule has 5 heteroatoms. The molecular weight excluding hydrogens is 313 g/mol. The molecule has 16 heavy (non-hydrogen) atoms. The number of benzene rings is 1. The Balaban J connectivity index is 2.02. The molecule has 2 rings (SSSR count). The van der Waals surface area contributed by atoms with Crippen molar-refractivity contribution in [2.75, 3.05) is 4.72 Å². The molecule has 0 bridgehead atoms. The largest absolute Gasteiger partial charge is 0.327 e. The Hall–Kier alpha value is 0.0700. The van der Waals surface area contributed by atoms with Gasteiger partial charge in [0.15, 0.2) is 5.82 Å². The third-order valence-corrected chi connectivity index (χ3v) is 4.57. The Morgan fingerprint density at radius 2 is 2.06 bits per heavy atom. The lowest BCUT2D eigenvalue weighted by atomic mass is 10.3. The van der Waals surface area contributed by atoms with Crippen LogP contribution in [0.2, 0.25) is 5.02 Å². The summed E-state index contributed by atoms with van der Waals surface area (Å²) in [6.45, 7) is 0. The Morgan fingerprint density at radius 1 is 1.38 bits per heavy atom. The van der Waals surface area contributed by atoms with Gasteiger partial charge in [-0.1, -0.05) is 24.4 Å². The molecule has 1 aliphatic rings. The van der Waals surface area contributed by atoms with Gasteiger partial charge in [-0.3, -0.25) is 0 Å². The molecule has 0 saturated heterocycles. The lowest BCUT2D eigenvalue weighted by molar-refractivity contribution is 0.626. The maximum Gasteiger partial charge on any atom is 0.161 e. The monoisotopic (exact) mass is 323 g/mol. The van der Waals surface area contributed by atoms with Gasteiger partial charge in [0.2, 0.25) is 0 Å². The molecule has 88 valence electrons. The third kappa shape index (κ3) is 3.05. The van der Waals surface area contributed by atoms with Crippen molar-refractivity contribution in [1.29, 1.82) is 0 Å². The Kier molecular flexibility index (Phi) is 4.39. The van der Waals surface area contributed by atoms with Crippen molar-refractivity contribution in [3.05, 3.63) is 27.4 Å². The van der Waals surface area contributed by atoms with Crippen molar-refractivity contribution in [2.24, 2.45) is 0 Å². The molecule has 1 aromatic carbocycles. The van der Waals surface area contributed by atoms with Crippen molar-refractivity contribution in [2.45, 2.75) is 30.9 Å². The maximum atomic E-state index is 13.7. The van der Waals surface area contributed by atoms with Crippen LogP contribution in [0.25, 0.3) is 0 Å². The van der Waals surface area contributed by atoms with Crippen LogP contribution in [-0.2, 0) is 0 Å². The van der Waals surface area contributed by atoms with E-state index < -0.39 is 0 Å². The van der Waals surface area contributed by atoms with E-state index in [0.717, 1.165) is 0 Å². The molecule has 0 spiro atoms. The number of halogens is 3. The van der Waals surface area contributed by atoms with Crippen LogP contribution in [0.15, 0.2) is 16.6 Å². The van der Waals surface area contributed by atoms with Crippen LogP contribution >= 0.6 is 39.5 Å². The first-order chi connectivity index (χ1) is 7.66. The fourth-order valence-corrected chi connectivity index (χ4v) is 3.60. The Bertz CT molecular complexity index is 382. The first-order valence-electron chi connectivity index (χ1n) is 5.23. The smallest absolute Gasteiger partial charge is 0.161 e. The molecule has 0 aromatic heterocycles. The highest BCUT2D eigenvalue weighted by Gasteiger charge is 2.16. The number of nitrogens with one attached hydrogen (secondary N) is 1. The zero-order chi connectivity index (χ0) is 11.5. The Morgan fingerprint density at radius 3 is 2.75 bits per heavy atom. The van der Waals surface area contributed by atoms with Gasteiger partial charge in [0.25, 0.3) is 0 Å². The van der Waals surface area contributed by atoms with E-state index in [9.17, 15) is 4.39 Å². The average molecular weight is 325 g/mol. The number of hydrogen-bond donors (Lipinski definition) is 1. The molecular formula is C11H12BrClFNS. The number of anilines is 1. The van der Waals surface area contributed by atoms with E-state index in [2.05, 4.69) is 20.7 Å². The van der Waals surface area contributed by atoms with Gasteiger partial charge in [-0.15, -0.1) is 0 Å². The minimum atomic E-state index is -0.283. The van der Waals surface area contributed by atoms with E-state index in [1.165, 1.54) is 25.7 Å². The van der Waals surface area contributed by atoms with Crippen LogP contribution in [0.3, 0.4) is 0 Å². The van der Waals surface area contributed by atoms with Crippen LogP contribution in [-0.4, -0.2) is 5.25 Å². The molecule has 1 fully saturated rings. The summed E-state index contributed by atoms with van der Waals surface area (Å²) in [5, 5.41) is 1.12. The maximum absolute atomic E-state index is 13.7. The summed E-state index contributed by atoms with van der Waals surface area (Å²) < 4.78 is 17.1. The fourth-order valence-electron chi connectivity index (χ4n) is 1.78. The van der Waals surface area contributed by atoms with Crippen molar-refractivity contribution < 1.29 is 4.39 Å². The molecule has 1 aliphatic carbocycles. The van der Waals surface area contributed by atoms with Crippen LogP contribution in [0.5, 0.6) is 0 Å². The van der Waals surface area contributed by atoms with E-state index in [1.54, 1.807) is 24.1 Å². The summed E-state index contributed by atoms with van der Waals surface area (Å²) in [7, 11) is 0. The third-order valence-electron chi connectivity index (χ3n) is 2.63. The van der Waals surface area contributed by atoms with E-state index in [0.29, 0.717) is 20.4 Å². The standard InChI is InChI=1S/C11H12BrClFNS/c12-9-5-7(13)6-10(11(9)14)15-16-8-3-1-2-4-8/h5-6,8,15H,1-4H2. The van der Waals surface area contributed by atoms with Gasteiger partial charge in [0.1, 0.15) is 0 Å². The van der Waals surface area contributed by atoms with Crippen LogP contribution < -0.4 is 4.72 Å². The SMILES string of the molecule is Fc1c(Br)cc(Cl)cc1NSC1CCCC1. The molecule has 0 unspecified atom stereocenters. The molecule has 1 nitrogen and oxygen atoms in total. The predicted molar refractivity (Wildman–Crippen MR) is 72.6 cm³/mol. The lowest BCUT2D eigenvalue weighted by Crippen LogP contribution is -2.01. The minimum absolute atomic E-state index is 0.283. The summed E-state index contributed by atoms with van der Waals surface area (Å²) >= 11 is 10.6. The second-order valence-electron chi connectivity index (χ2n) is 3.88. The molecule has 0 amide bonds. The van der Waals surface area contributed by atoms with Crippen molar-refractivity contribution in [1.82, 2.24) is 0 Å². The summed E-state index contributed by atoms with van der Waals surface area (Å²) in [5.41, 5.74) is 0.455. The first kappa shape index (κ1) is 12.5. The summed E-state index contributed by atoms with van der Waals surface area (Å²) in [5.74, 6) is -0.283. The van der Waals surface area contributed by atoms with Gasteiger partial charge in [0.05, 0.1) is 10.2 Å². The topological polar surface area (TPSA) is 12.0 Å². The van der Waals surface area contributed by atoms with Gasteiger partial charge in [0, 0.05) is 10.3 Å². The van der Waals surface area contributed by atoms with Gasteiger partial charge < -0.3 is 4.72 Å². The second-order valence-corrected chi connectivity index (χ2v) is 6.27.